The summed E-state index contributed by atoms with van der Waals surface area (Å²) in [7, 11) is 0. The molecule has 6 nitrogen and oxygen atoms in total. The molecule has 1 atom stereocenters. The zero-order valence-electron chi connectivity index (χ0n) is 9.43. The number of hydrogen-bond donors (Lipinski definition) is 2. The Labute approximate surface area is 98.3 Å². The van der Waals surface area contributed by atoms with Crippen LogP contribution in [0, 0.1) is 5.92 Å². The number of hydrogen-bond acceptors (Lipinski definition) is 4. The number of aromatic nitrogens is 2. The number of likely N-dealkylation sites (tertiary alicyclic amines) is 1. The molecule has 1 aliphatic rings. The van der Waals surface area contributed by atoms with Crippen molar-refractivity contribution < 1.29 is 9.90 Å². The molecule has 6 heteroatoms. The molecule has 1 saturated heterocycles. The third-order valence-corrected chi connectivity index (χ3v) is 3.01. The molecule has 0 bridgehead atoms. The smallest absolute Gasteiger partial charge is 0.274 e. The number of nitrogens with one attached hydrogen (secondary N) is 1. The van der Waals surface area contributed by atoms with Gasteiger partial charge in [-0.15, -0.1) is 0 Å². The van der Waals surface area contributed by atoms with Crippen molar-refractivity contribution in [2.45, 2.75) is 12.8 Å². The van der Waals surface area contributed by atoms with Crippen LogP contribution >= 0.6 is 0 Å². The molecule has 0 aromatic carbocycles. The van der Waals surface area contributed by atoms with Gasteiger partial charge in [0.05, 0.1) is 0 Å². The van der Waals surface area contributed by atoms with Crippen molar-refractivity contribution in [3.63, 3.8) is 0 Å². The highest BCUT2D eigenvalue weighted by molar-refractivity contribution is 5.92. The maximum Gasteiger partial charge on any atom is 0.274 e. The summed E-state index contributed by atoms with van der Waals surface area (Å²) >= 11 is 0. The molecule has 1 unspecified atom stereocenters. The standard InChI is InChI=1S/C11H15N3O3/c15-6-4-8-3-5-14(7-8)11(17)9-1-2-10(16)13-12-9/h1-2,8,15H,3-7H2,(H,13,16). The monoisotopic (exact) mass is 237 g/mol. The molecule has 0 aliphatic carbocycles. The molecule has 2 heterocycles. The topological polar surface area (TPSA) is 86.3 Å². The maximum atomic E-state index is 12.0. The fourth-order valence-electron chi connectivity index (χ4n) is 2.06. The van der Waals surface area contributed by atoms with E-state index in [9.17, 15) is 9.59 Å². The van der Waals surface area contributed by atoms with Gasteiger partial charge in [-0.05, 0) is 24.8 Å². The van der Waals surface area contributed by atoms with Gasteiger partial charge in [0.2, 0.25) is 0 Å². The quantitative estimate of drug-likeness (QED) is 0.750. The summed E-state index contributed by atoms with van der Waals surface area (Å²) in [5.41, 5.74) is -0.0598. The van der Waals surface area contributed by atoms with E-state index in [0.29, 0.717) is 19.0 Å². The number of carbonyl (C=O) groups excluding carboxylic acids is 1. The molecule has 1 aromatic rings. The van der Waals surface area contributed by atoms with Crippen molar-refractivity contribution in [2.24, 2.45) is 5.92 Å². The lowest BCUT2D eigenvalue weighted by Crippen LogP contribution is -2.30. The van der Waals surface area contributed by atoms with Gasteiger partial charge in [0.1, 0.15) is 5.69 Å². The third-order valence-electron chi connectivity index (χ3n) is 3.01. The molecular weight excluding hydrogens is 222 g/mol. The summed E-state index contributed by atoms with van der Waals surface area (Å²) < 4.78 is 0. The van der Waals surface area contributed by atoms with E-state index in [-0.39, 0.29) is 23.8 Å². The molecule has 0 spiro atoms. The minimum absolute atomic E-state index is 0.156. The number of aromatic amines is 1. The predicted octanol–water partition coefficient (Wildman–Crippen LogP) is -0.386. The van der Waals surface area contributed by atoms with Crippen LogP contribution in [-0.2, 0) is 0 Å². The number of H-pyrrole nitrogens is 1. The average molecular weight is 237 g/mol. The summed E-state index contributed by atoms with van der Waals surface area (Å²) in [5, 5.41) is 14.8. The van der Waals surface area contributed by atoms with E-state index in [1.807, 2.05) is 0 Å². The minimum atomic E-state index is -0.318. The van der Waals surface area contributed by atoms with Crippen LogP contribution in [0.1, 0.15) is 23.3 Å². The van der Waals surface area contributed by atoms with Crippen LogP contribution in [0.2, 0.25) is 0 Å². The van der Waals surface area contributed by atoms with E-state index in [4.69, 9.17) is 5.11 Å². The Morgan fingerprint density at radius 3 is 3.06 bits per heavy atom. The first-order valence-corrected chi connectivity index (χ1v) is 5.66. The Balaban J connectivity index is 2.02. The molecule has 1 aliphatic heterocycles. The molecule has 17 heavy (non-hydrogen) atoms. The summed E-state index contributed by atoms with van der Waals surface area (Å²) in [5.74, 6) is 0.202. The number of rotatable bonds is 3. The Hall–Kier alpha value is -1.69. The lowest BCUT2D eigenvalue weighted by molar-refractivity contribution is 0.0777. The first-order chi connectivity index (χ1) is 8.20. The van der Waals surface area contributed by atoms with Crippen LogP contribution in [-0.4, -0.2) is 45.8 Å². The fourth-order valence-corrected chi connectivity index (χ4v) is 2.06. The van der Waals surface area contributed by atoms with Gasteiger partial charge in [-0.25, -0.2) is 5.10 Å². The summed E-state index contributed by atoms with van der Waals surface area (Å²) in [6, 6.07) is 2.72. The lowest BCUT2D eigenvalue weighted by Gasteiger charge is -2.15. The van der Waals surface area contributed by atoms with Gasteiger partial charge in [-0.2, -0.15) is 5.10 Å². The zero-order chi connectivity index (χ0) is 12.3. The summed E-state index contributed by atoms with van der Waals surface area (Å²) in [4.78, 5) is 24.5. The van der Waals surface area contributed by atoms with E-state index in [1.165, 1.54) is 12.1 Å². The number of aliphatic hydroxyl groups is 1. The van der Waals surface area contributed by atoms with Crippen LogP contribution in [0.3, 0.4) is 0 Å². The van der Waals surface area contributed by atoms with Crippen molar-refractivity contribution in [1.29, 1.82) is 0 Å². The normalized spacial score (nSPS) is 19.6. The Kier molecular flexibility index (Phi) is 3.53. The van der Waals surface area contributed by atoms with Crippen molar-refractivity contribution >= 4 is 5.91 Å². The van der Waals surface area contributed by atoms with E-state index in [1.54, 1.807) is 4.90 Å². The molecule has 0 radical (unpaired) electrons. The number of aliphatic hydroxyl groups excluding tert-OH is 1. The number of nitrogens with zero attached hydrogens (tertiary/aromatic N) is 2. The van der Waals surface area contributed by atoms with Crippen LogP contribution in [0.5, 0.6) is 0 Å². The van der Waals surface area contributed by atoms with Gasteiger partial charge in [-0.3, -0.25) is 9.59 Å². The minimum Gasteiger partial charge on any atom is -0.396 e. The van der Waals surface area contributed by atoms with E-state index >= 15 is 0 Å². The summed E-state index contributed by atoms with van der Waals surface area (Å²) in [6.07, 6.45) is 1.64. The van der Waals surface area contributed by atoms with Crippen LogP contribution in [0.15, 0.2) is 16.9 Å². The molecule has 92 valence electrons. The van der Waals surface area contributed by atoms with Gasteiger partial charge in [-0.1, -0.05) is 0 Å². The molecule has 1 amide bonds. The van der Waals surface area contributed by atoms with Crippen molar-refractivity contribution in [2.75, 3.05) is 19.7 Å². The zero-order valence-corrected chi connectivity index (χ0v) is 9.43. The first kappa shape index (κ1) is 11.8. The molecule has 2 N–H and O–H groups in total. The Morgan fingerprint density at radius 1 is 1.59 bits per heavy atom. The molecule has 0 saturated carbocycles. The number of amides is 1. The first-order valence-electron chi connectivity index (χ1n) is 5.66. The number of carbonyl (C=O) groups is 1. The lowest BCUT2D eigenvalue weighted by atomic mass is 10.1. The van der Waals surface area contributed by atoms with Crippen LogP contribution in [0.25, 0.3) is 0 Å². The Morgan fingerprint density at radius 2 is 2.41 bits per heavy atom. The molecular formula is C11H15N3O3. The second kappa shape index (κ2) is 5.09. The van der Waals surface area contributed by atoms with E-state index in [0.717, 1.165) is 12.8 Å². The third kappa shape index (κ3) is 2.71. The van der Waals surface area contributed by atoms with E-state index < -0.39 is 0 Å². The highest BCUT2D eigenvalue weighted by Crippen LogP contribution is 2.20. The molecule has 1 aromatic heterocycles. The van der Waals surface area contributed by atoms with Crippen LogP contribution < -0.4 is 5.56 Å². The van der Waals surface area contributed by atoms with Gasteiger partial charge >= 0.3 is 0 Å². The van der Waals surface area contributed by atoms with Gasteiger partial charge in [0, 0.05) is 25.8 Å². The van der Waals surface area contributed by atoms with Crippen LogP contribution in [0.4, 0.5) is 0 Å². The van der Waals surface area contributed by atoms with E-state index in [2.05, 4.69) is 10.2 Å². The van der Waals surface area contributed by atoms with Crippen molar-refractivity contribution in [3.8, 4) is 0 Å². The fraction of sp³-hybridized carbons (Fsp3) is 0.545. The largest absolute Gasteiger partial charge is 0.396 e. The second-order valence-electron chi connectivity index (χ2n) is 4.22. The highest BCUT2D eigenvalue weighted by Gasteiger charge is 2.27. The van der Waals surface area contributed by atoms with Crippen molar-refractivity contribution in [1.82, 2.24) is 15.1 Å². The SMILES string of the molecule is O=C(c1ccc(=O)[nH]n1)N1CCC(CCO)C1. The summed E-state index contributed by atoms with van der Waals surface area (Å²) in [6.45, 7) is 1.49. The second-order valence-corrected chi connectivity index (χ2v) is 4.22. The maximum absolute atomic E-state index is 12.0. The predicted molar refractivity (Wildman–Crippen MR) is 60.6 cm³/mol. The highest BCUT2D eigenvalue weighted by atomic mass is 16.3. The van der Waals surface area contributed by atoms with Gasteiger partial charge < -0.3 is 10.0 Å². The Bertz CT molecular complexity index is 437. The van der Waals surface area contributed by atoms with Gasteiger partial charge in [0.25, 0.3) is 11.5 Å². The molecule has 1 fully saturated rings. The average Bonchev–Trinajstić information content (AvgIpc) is 2.78. The van der Waals surface area contributed by atoms with Gasteiger partial charge in [0.15, 0.2) is 0 Å². The van der Waals surface area contributed by atoms with Crippen molar-refractivity contribution in [3.05, 3.63) is 28.2 Å². The molecule has 2 rings (SSSR count).